The van der Waals surface area contributed by atoms with E-state index in [-0.39, 0.29) is 10.8 Å². The molecule has 0 fully saturated rings. The number of hydrogen-bond acceptors (Lipinski definition) is 4. The van der Waals surface area contributed by atoms with Gasteiger partial charge in [0.1, 0.15) is 11.5 Å². The maximum atomic E-state index is 6.01. The lowest BCUT2D eigenvalue weighted by molar-refractivity contribution is 0.416. The van der Waals surface area contributed by atoms with Gasteiger partial charge in [-0.2, -0.15) is 0 Å². The number of anilines is 6. The number of hydrogen-bond donors (Lipinski definition) is 0. The maximum absolute atomic E-state index is 6.01. The second kappa shape index (κ2) is 19.8. The van der Waals surface area contributed by atoms with Crippen LogP contribution < -0.4 is 19.3 Å². The number of rotatable bonds is 13. The van der Waals surface area contributed by atoms with Crippen LogP contribution in [0.3, 0.4) is 0 Å². The van der Waals surface area contributed by atoms with Crippen molar-refractivity contribution in [3.63, 3.8) is 0 Å². The fourth-order valence-electron chi connectivity index (χ4n) is 11.6. The van der Waals surface area contributed by atoms with E-state index in [0.29, 0.717) is 0 Å². The highest BCUT2D eigenvalue weighted by molar-refractivity contribution is 5.87. The van der Waals surface area contributed by atoms with Crippen LogP contribution in [0.25, 0.3) is 44.5 Å². The topological polar surface area (TPSA) is 24.9 Å². The van der Waals surface area contributed by atoms with Gasteiger partial charge < -0.3 is 19.3 Å². The smallest absolute Gasteiger partial charge is 0.126 e. The van der Waals surface area contributed by atoms with Crippen LogP contribution in [0.2, 0.25) is 0 Å². The van der Waals surface area contributed by atoms with Crippen LogP contribution in [-0.2, 0) is 10.8 Å². The normalized spacial score (nSPS) is 14.5. The largest absolute Gasteiger partial charge is 0.496 e. The Kier molecular flexibility index (Phi) is 12.8. The summed E-state index contributed by atoms with van der Waals surface area (Å²) in [5.74, 6) is 1.67. The number of benzene rings is 10. The molecule has 0 radical (unpaired) electrons. The van der Waals surface area contributed by atoms with Gasteiger partial charge in [0.25, 0.3) is 0 Å². The van der Waals surface area contributed by atoms with Crippen molar-refractivity contribution in [2.75, 3.05) is 24.0 Å². The monoisotopic (exact) mass is 962 g/mol. The van der Waals surface area contributed by atoms with Crippen LogP contribution in [0, 0.1) is 13.8 Å². The van der Waals surface area contributed by atoms with E-state index in [1.165, 1.54) is 50.1 Å². The van der Waals surface area contributed by atoms with Crippen molar-refractivity contribution >= 4 is 34.1 Å². The van der Waals surface area contributed by atoms with E-state index in [1.54, 1.807) is 14.2 Å². The third-order valence-corrected chi connectivity index (χ3v) is 15.3. The summed E-state index contributed by atoms with van der Waals surface area (Å²) in [5.41, 5.74) is 21.6. The third kappa shape index (κ3) is 8.92. The second-order valence-corrected chi connectivity index (χ2v) is 20.6. The highest BCUT2D eigenvalue weighted by Gasteiger charge is 2.46. The minimum atomic E-state index is -0.299. The van der Waals surface area contributed by atoms with E-state index in [2.05, 4.69) is 281 Å². The number of methoxy groups -OCH3 is 2. The molecule has 0 saturated heterocycles. The van der Waals surface area contributed by atoms with Gasteiger partial charge in [0.15, 0.2) is 0 Å². The molecule has 11 rings (SSSR count). The Balaban J connectivity index is 1.05. The van der Waals surface area contributed by atoms with Crippen LogP contribution >= 0.6 is 0 Å². The van der Waals surface area contributed by atoms with Crippen LogP contribution in [0.1, 0.15) is 55.0 Å². The van der Waals surface area contributed by atoms with E-state index in [1.807, 2.05) is 0 Å². The van der Waals surface area contributed by atoms with Gasteiger partial charge in [-0.1, -0.05) is 172 Å². The molecule has 1 unspecified atom stereocenters. The predicted molar refractivity (Wildman–Crippen MR) is 311 cm³/mol. The van der Waals surface area contributed by atoms with Crippen LogP contribution in [0.15, 0.2) is 237 Å². The minimum absolute atomic E-state index is 0.0737. The first kappa shape index (κ1) is 47.7. The molecule has 4 heteroatoms. The highest BCUT2D eigenvalue weighted by atomic mass is 16.5. The molecule has 1 aliphatic carbocycles. The zero-order valence-corrected chi connectivity index (χ0v) is 43.4. The summed E-state index contributed by atoms with van der Waals surface area (Å²) in [7, 11) is 3.50. The maximum Gasteiger partial charge on any atom is 0.126 e. The van der Waals surface area contributed by atoms with Gasteiger partial charge >= 0.3 is 0 Å². The van der Waals surface area contributed by atoms with Crippen molar-refractivity contribution in [3.8, 4) is 56.0 Å². The van der Waals surface area contributed by atoms with E-state index < -0.39 is 0 Å². The summed E-state index contributed by atoms with van der Waals surface area (Å²) in [5, 5.41) is 0. The van der Waals surface area contributed by atoms with Crippen molar-refractivity contribution in [1.29, 1.82) is 0 Å². The van der Waals surface area contributed by atoms with Crippen LogP contribution in [0.5, 0.6) is 11.5 Å². The lowest BCUT2D eigenvalue weighted by atomic mass is 9.75. The van der Waals surface area contributed by atoms with Gasteiger partial charge in [-0.3, -0.25) is 0 Å². The van der Waals surface area contributed by atoms with Gasteiger partial charge in [0, 0.05) is 50.7 Å². The highest BCUT2D eigenvalue weighted by Crippen LogP contribution is 2.55. The van der Waals surface area contributed by atoms with Crippen LogP contribution in [-0.4, -0.2) is 14.2 Å². The fourth-order valence-corrected chi connectivity index (χ4v) is 11.6. The second-order valence-electron chi connectivity index (χ2n) is 20.6. The third-order valence-electron chi connectivity index (χ3n) is 15.3. The zero-order valence-electron chi connectivity index (χ0n) is 43.4. The van der Waals surface area contributed by atoms with Crippen molar-refractivity contribution < 1.29 is 9.47 Å². The molecule has 10 aromatic rings. The molecule has 0 saturated carbocycles. The average Bonchev–Trinajstić information content (AvgIpc) is 3.67. The fraction of sp³-hybridized carbons (Fsp3) is 0.143. The molecule has 364 valence electrons. The van der Waals surface area contributed by atoms with Gasteiger partial charge in [-0.15, -0.1) is 0 Å². The SMILES string of the molecule is COc1ccc(N(c2ccc(C3(C)CC(C)(C)c4ccc(N(c5ccc(C)c(-c6ccccc6)c5)c5ccc(OC)c(-c6ccccc6)c5)cc43)cc2)c2ccc(C)c(-c3ccccc3)c2)cc1-c1ccccc1. The summed E-state index contributed by atoms with van der Waals surface area (Å²) >= 11 is 0. The predicted octanol–water partition coefficient (Wildman–Crippen LogP) is 18.9. The molecule has 0 amide bonds. The molecule has 0 heterocycles. The molecular weight excluding hydrogens is 901 g/mol. The molecule has 0 aliphatic heterocycles. The molecule has 1 atom stereocenters. The van der Waals surface area contributed by atoms with Gasteiger partial charge in [-0.25, -0.2) is 0 Å². The Morgan fingerprint density at radius 1 is 0.338 bits per heavy atom. The lowest BCUT2D eigenvalue weighted by Gasteiger charge is -2.32. The van der Waals surface area contributed by atoms with E-state index in [9.17, 15) is 0 Å². The van der Waals surface area contributed by atoms with E-state index in [0.717, 1.165) is 74.3 Å². The Morgan fingerprint density at radius 3 is 1.09 bits per heavy atom. The molecule has 0 N–H and O–H groups in total. The van der Waals surface area contributed by atoms with Crippen molar-refractivity contribution in [2.24, 2.45) is 0 Å². The summed E-state index contributed by atoms with van der Waals surface area (Å²) in [6.45, 7) is 11.7. The minimum Gasteiger partial charge on any atom is -0.496 e. The quantitative estimate of drug-likeness (QED) is 0.115. The molecule has 0 aromatic heterocycles. The van der Waals surface area contributed by atoms with Crippen molar-refractivity contribution in [2.45, 2.75) is 51.9 Å². The molecule has 0 spiro atoms. The van der Waals surface area contributed by atoms with Crippen LogP contribution in [0.4, 0.5) is 34.1 Å². The van der Waals surface area contributed by atoms with E-state index in [4.69, 9.17) is 9.47 Å². The number of ether oxygens (including phenoxy) is 2. The summed E-state index contributed by atoms with van der Waals surface area (Å²) in [6.07, 6.45) is 0.961. The Hall–Kier alpha value is -8.60. The molecular formula is C70H62N2O2. The molecule has 4 nitrogen and oxygen atoms in total. The number of fused-ring (bicyclic) bond motifs is 1. The van der Waals surface area contributed by atoms with Gasteiger partial charge in [-0.05, 0) is 172 Å². The first-order valence-electron chi connectivity index (χ1n) is 25.7. The average molecular weight is 963 g/mol. The molecule has 10 aromatic carbocycles. The Bertz CT molecular complexity index is 3610. The first-order chi connectivity index (χ1) is 36.0. The van der Waals surface area contributed by atoms with Gasteiger partial charge in [0.05, 0.1) is 14.2 Å². The first-order valence-corrected chi connectivity index (χ1v) is 25.7. The standard InChI is InChI=1S/C70H62N2O2/c1-48-28-32-56(42-61(48)50-20-12-8-13-21-50)71(58-37-40-67(73-6)63(44-58)52-24-16-10-17-25-52)55-34-30-54(31-35-55)70(5)47-69(3,4)65-39-36-60(46-66(65)70)72(57-33-29-49(2)62(43-57)51-22-14-9-15-23-51)59-38-41-68(74-7)64(45-59)53-26-18-11-19-27-53/h8-46H,47H2,1-7H3. The van der Waals surface area contributed by atoms with Crippen molar-refractivity contribution in [3.05, 3.63) is 264 Å². The Morgan fingerprint density at radius 2 is 0.676 bits per heavy atom. The Labute approximate surface area is 437 Å². The summed E-state index contributed by atoms with van der Waals surface area (Å²) in [6, 6.07) is 85.8. The van der Waals surface area contributed by atoms with Crippen molar-refractivity contribution in [1.82, 2.24) is 0 Å². The summed E-state index contributed by atoms with van der Waals surface area (Å²) < 4.78 is 12.0. The number of aryl methyl sites for hydroxylation is 2. The van der Waals surface area contributed by atoms with Gasteiger partial charge in [0.2, 0.25) is 0 Å². The number of nitrogens with zero attached hydrogens (tertiary/aromatic N) is 2. The lowest BCUT2D eigenvalue weighted by Crippen LogP contribution is -2.23. The van der Waals surface area contributed by atoms with E-state index >= 15 is 0 Å². The summed E-state index contributed by atoms with van der Waals surface area (Å²) in [4.78, 5) is 4.81. The molecule has 74 heavy (non-hydrogen) atoms. The zero-order chi connectivity index (χ0) is 51.0. The molecule has 0 bridgehead atoms. The molecule has 1 aliphatic rings.